The number of piperidine rings is 1. The highest BCUT2D eigenvalue weighted by molar-refractivity contribution is 5.87. The molecule has 0 bridgehead atoms. The van der Waals surface area contributed by atoms with Crippen LogP contribution in [0.4, 0.5) is 0 Å². The first-order chi connectivity index (χ1) is 14.7. The second-order valence-electron chi connectivity index (χ2n) is 12.7. The smallest absolute Gasteiger partial charge is 0.303 e. The molecule has 5 rings (SSSR count). The second kappa shape index (κ2) is 8.66. The molecule has 1 aliphatic heterocycles. The van der Waals surface area contributed by atoms with Gasteiger partial charge in [-0.3, -0.25) is 9.59 Å². The summed E-state index contributed by atoms with van der Waals surface area (Å²) < 4.78 is 7.24. The number of carbonyl (C=O) groups is 2. The molecule has 4 saturated carbocycles. The quantitative estimate of drug-likeness (QED) is 0.423. The Balaban J connectivity index is 0.00000245. The van der Waals surface area contributed by atoms with Crippen molar-refractivity contribution in [1.29, 1.82) is 0 Å². The number of likely N-dealkylation sites (tertiary alicyclic amines) is 1. The summed E-state index contributed by atoms with van der Waals surface area (Å²) in [5, 5.41) is 0. The van der Waals surface area contributed by atoms with Crippen LogP contribution >= 0.6 is 0 Å². The van der Waals surface area contributed by atoms with Gasteiger partial charge in [-0.2, -0.15) is 0 Å². The highest BCUT2D eigenvalue weighted by Crippen LogP contribution is 2.66. The summed E-state index contributed by atoms with van der Waals surface area (Å²) in [5.41, 5.74) is 0.199. The average molecular weight is 511 g/mol. The van der Waals surface area contributed by atoms with Crippen molar-refractivity contribution in [3.8, 4) is 0 Å². The largest absolute Gasteiger partial charge is 1.00 e. The number of ketones is 1. The fourth-order valence-corrected chi connectivity index (χ4v) is 9.58. The number of rotatable bonds is 2. The van der Waals surface area contributed by atoms with Crippen molar-refractivity contribution in [2.24, 2.45) is 34.5 Å². The fourth-order valence-electron chi connectivity index (χ4n) is 9.58. The minimum atomic E-state index is -0.106. The van der Waals surface area contributed by atoms with Gasteiger partial charge in [0.05, 0.1) is 20.1 Å². The molecule has 0 spiro atoms. The summed E-state index contributed by atoms with van der Waals surface area (Å²) in [6.07, 6.45) is 13.1. The molecule has 8 atom stereocenters. The lowest BCUT2D eigenvalue weighted by molar-refractivity contribution is -0.942. The molecule has 5 aliphatic rings. The Bertz CT molecular complexity index is 749. The van der Waals surface area contributed by atoms with Crippen LogP contribution in [0.25, 0.3) is 0 Å². The van der Waals surface area contributed by atoms with Crippen molar-refractivity contribution in [2.75, 3.05) is 20.1 Å². The van der Waals surface area contributed by atoms with Crippen molar-refractivity contribution in [3.05, 3.63) is 0 Å². The third-order valence-corrected chi connectivity index (χ3v) is 11.3. The Hall–Kier alpha value is -0.420. The molecule has 0 N–H and O–H groups in total. The summed E-state index contributed by atoms with van der Waals surface area (Å²) in [7, 11) is 2.44. The van der Waals surface area contributed by atoms with Crippen molar-refractivity contribution in [2.45, 2.75) is 104 Å². The number of Topliss-reactive ketones (excluding diaryl/α,β-unsaturated/α-hetero) is 1. The first kappa shape index (κ1) is 24.7. The lowest BCUT2D eigenvalue weighted by Crippen LogP contribution is -3.00. The number of ether oxygens (including phenoxy) is 1. The number of carbonyl (C=O) groups excluding carboxylic acids is 2. The van der Waals surface area contributed by atoms with E-state index in [1.54, 1.807) is 6.92 Å². The Kier molecular flexibility index (Phi) is 6.68. The molecule has 5 fully saturated rings. The Morgan fingerprint density at radius 1 is 1.03 bits per heavy atom. The van der Waals surface area contributed by atoms with Gasteiger partial charge in [-0.25, -0.2) is 0 Å². The number of hydrogen-bond donors (Lipinski definition) is 0. The van der Waals surface area contributed by atoms with E-state index in [1.165, 1.54) is 58.0 Å². The van der Waals surface area contributed by atoms with Gasteiger partial charge >= 0.3 is 5.97 Å². The molecule has 4 aliphatic carbocycles. The van der Waals surface area contributed by atoms with Gasteiger partial charge in [-0.15, -0.1) is 0 Å². The lowest BCUT2D eigenvalue weighted by Gasteiger charge is -2.62. The summed E-state index contributed by atoms with van der Waals surface area (Å²) in [6.45, 7) is 8.89. The molecule has 1 heterocycles. The minimum absolute atomic E-state index is 0. The van der Waals surface area contributed by atoms with Gasteiger partial charge in [-0.1, -0.05) is 13.8 Å². The monoisotopic (exact) mass is 509 g/mol. The van der Waals surface area contributed by atoms with E-state index in [0.29, 0.717) is 29.6 Å². The van der Waals surface area contributed by atoms with E-state index in [1.807, 2.05) is 0 Å². The third-order valence-electron chi connectivity index (χ3n) is 11.3. The van der Waals surface area contributed by atoms with Gasteiger partial charge in [0.1, 0.15) is 11.8 Å². The molecule has 0 aromatic heterocycles. The highest BCUT2D eigenvalue weighted by Gasteiger charge is 2.63. The Labute approximate surface area is 205 Å². The summed E-state index contributed by atoms with van der Waals surface area (Å²) in [6, 6.07) is 0.459. The zero-order valence-electron chi connectivity index (χ0n) is 20.7. The molecule has 0 radical (unpaired) electrons. The molecule has 5 heteroatoms. The number of esters is 1. The lowest BCUT2D eigenvalue weighted by atomic mass is 9.44. The summed E-state index contributed by atoms with van der Waals surface area (Å²) in [4.78, 5) is 24.9. The number of nitrogens with zero attached hydrogens (tertiary/aromatic N) is 1. The maximum atomic E-state index is 12.7. The topological polar surface area (TPSA) is 43.4 Å². The normalized spacial score (nSPS) is 47.4. The number of likely N-dealkylation sites (N-methyl/N-ethyl adjacent to an activating group) is 1. The molecule has 1 saturated heterocycles. The molecular weight excluding hydrogens is 466 g/mol. The van der Waals surface area contributed by atoms with Crippen LogP contribution in [-0.2, 0) is 14.3 Å². The van der Waals surface area contributed by atoms with Gasteiger partial charge in [0.25, 0.3) is 0 Å². The standard InChI is InChI=1S/C27H44NO3.BrH/c1-18(29)31-24-17-27(3)19(16-23(24)28(4)14-6-5-7-15-28)8-9-20-21-10-11-25(30)26(21,2)13-12-22(20)27;/h19-24H,5-17H2,1-4H3;1H/q+1;/p-1/t19-,20-,21-,22-,23-,24-,26-,27-;/m0./s1. The van der Waals surface area contributed by atoms with Crippen molar-refractivity contribution in [1.82, 2.24) is 0 Å². The molecule has 32 heavy (non-hydrogen) atoms. The highest BCUT2D eigenvalue weighted by atomic mass is 79.9. The van der Waals surface area contributed by atoms with Crippen LogP contribution in [0.3, 0.4) is 0 Å². The van der Waals surface area contributed by atoms with Gasteiger partial charge < -0.3 is 26.2 Å². The molecule has 0 aromatic carbocycles. The molecule has 182 valence electrons. The summed E-state index contributed by atoms with van der Waals surface area (Å²) in [5.74, 6) is 3.15. The van der Waals surface area contributed by atoms with Crippen molar-refractivity contribution in [3.63, 3.8) is 0 Å². The van der Waals surface area contributed by atoms with E-state index in [4.69, 9.17) is 4.74 Å². The van der Waals surface area contributed by atoms with Crippen molar-refractivity contribution < 1.29 is 35.8 Å². The van der Waals surface area contributed by atoms with E-state index in [-0.39, 0.29) is 39.9 Å². The first-order valence-corrected chi connectivity index (χ1v) is 13.2. The molecule has 4 nitrogen and oxygen atoms in total. The van der Waals surface area contributed by atoms with Gasteiger partial charge in [-0.05, 0) is 86.9 Å². The SMILES string of the molecule is CC(=O)O[C@H]1C[C@@]2(C)[C@@H](CC[C@@H]3[C@@H]2CC[C@]2(C)C(=O)CC[C@@H]32)C[C@@H]1[N+]1(C)CCCCC1.[Br-]. The molecule has 0 aromatic rings. The average Bonchev–Trinajstić information content (AvgIpc) is 3.02. The van der Waals surface area contributed by atoms with Crippen LogP contribution in [0.1, 0.15) is 91.4 Å². The van der Waals surface area contributed by atoms with Crippen LogP contribution < -0.4 is 17.0 Å². The predicted molar refractivity (Wildman–Crippen MR) is 121 cm³/mol. The van der Waals surface area contributed by atoms with Crippen LogP contribution in [0, 0.1) is 34.5 Å². The molecule has 0 unspecified atom stereocenters. The van der Waals surface area contributed by atoms with E-state index in [0.717, 1.165) is 36.1 Å². The number of hydrogen-bond acceptors (Lipinski definition) is 3. The maximum absolute atomic E-state index is 12.7. The zero-order chi connectivity index (χ0) is 22.0. The number of quaternary nitrogens is 1. The Morgan fingerprint density at radius 2 is 1.75 bits per heavy atom. The van der Waals surface area contributed by atoms with Gasteiger partial charge in [0.2, 0.25) is 0 Å². The number of fused-ring (bicyclic) bond motifs is 5. The van der Waals surface area contributed by atoms with E-state index in [9.17, 15) is 9.59 Å². The fraction of sp³-hybridized carbons (Fsp3) is 0.926. The van der Waals surface area contributed by atoms with Crippen LogP contribution in [0.5, 0.6) is 0 Å². The second-order valence-corrected chi connectivity index (χ2v) is 12.7. The minimum Gasteiger partial charge on any atom is -1.00 e. The van der Waals surface area contributed by atoms with E-state index in [2.05, 4.69) is 20.9 Å². The Morgan fingerprint density at radius 3 is 2.44 bits per heavy atom. The summed E-state index contributed by atoms with van der Waals surface area (Å²) >= 11 is 0. The number of halogens is 1. The van der Waals surface area contributed by atoms with Crippen LogP contribution in [-0.4, -0.2) is 48.5 Å². The first-order valence-electron chi connectivity index (χ1n) is 13.2. The third kappa shape index (κ3) is 3.72. The van der Waals surface area contributed by atoms with E-state index >= 15 is 0 Å². The predicted octanol–water partition coefficient (Wildman–Crippen LogP) is 2.14. The van der Waals surface area contributed by atoms with Gasteiger partial charge in [0.15, 0.2) is 6.10 Å². The van der Waals surface area contributed by atoms with Crippen LogP contribution in [0.2, 0.25) is 0 Å². The van der Waals surface area contributed by atoms with Gasteiger partial charge in [0, 0.05) is 25.2 Å². The maximum Gasteiger partial charge on any atom is 0.303 e. The van der Waals surface area contributed by atoms with E-state index < -0.39 is 0 Å². The molecular formula is C27H44BrNO3. The van der Waals surface area contributed by atoms with Crippen LogP contribution in [0.15, 0.2) is 0 Å². The molecule has 0 amide bonds. The zero-order valence-corrected chi connectivity index (χ0v) is 22.3. The van der Waals surface area contributed by atoms with Crippen molar-refractivity contribution >= 4 is 11.8 Å².